The van der Waals surface area contributed by atoms with Crippen LogP contribution in [0.15, 0.2) is 18.2 Å². The van der Waals surface area contributed by atoms with Crippen LogP contribution in [0.4, 0.5) is 16.2 Å². The Hall–Kier alpha value is -3.03. The van der Waals surface area contributed by atoms with E-state index in [-0.39, 0.29) is 12.0 Å². The molecule has 1 N–H and O–H groups in total. The molecule has 1 aromatic heterocycles. The van der Waals surface area contributed by atoms with E-state index in [2.05, 4.69) is 35.2 Å². The van der Waals surface area contributed by atoms with E-state index in [0.717, 1.165) is 41.3 Å². The normalized spacial score (nSPS) is 13.5. The molecule has 0 atom stereocenters. The molecule has 3 rings (SSSR count). The van der Waals surface area contributed by atoms with Gasteiger partial charge >= 0.3 is 6.09 Å². The number of nitrogens with one attached hydrogen (secondary N) is 1. The number of aromatic nitrogens is 2. The van der Waals surface area contributed by atoms with Crippen molar-refractivity contribution >= 4 is 23.4 Å². The van der Waals surface area contributed by atoms with Crippen LogP contribution in [0.2, 0.25) is 0 Å². The van der Waals surface area contributed by atoms with Crippen molar-refractivity contribution in [2.75, 3.05) is 29.9 Å². The van der Waals surface area contributed by atoms with E-state index in [0.29, 0.717) is 25.2 Å². The van der Waals surface area contributed by atoms with Crippen LogP contribution in [0.1, 0.15) is 61.9 Å². The van der Waals surface area contributed by atoms with Gasteiger partial charge in [-0.25, -0.2) is 4.79 Å². The number of ether oxygens (including phenoxy) is 1. The topological polar surface area (TPSA) is 79.7 Å². The molecule has 174 valence electrons. The predicted molar refractivity (Wildman–Crippen MR) is 126 cm³/mol. The summed E-state index contributed by atoms with van der Waals surface area (Å²) in [7, 11) is 1.84. The summed E-state index contributed by atoms with van der Waals surface area (Å²) < 4.78 is 7.26. The highest BCUT2D eigenvalue weighted by Crippen LogP contribution is 2.26. The third-order valence-corrected chi connectivity index (χ3v) is 5.70. The molecule has 8 nitrogen and oxygen atoms in total. The molecule has 0 saturated heterocycles. The van der Waals surface area contributed by atoms with Gasteiger partial charge in [0.05, 0.1) is 6.54 Å². The molecule has 32 heavy (non-hydrogen) atoms. The summed E-state index contributed by atoms with van der Waals surface area (Å²) >= 11 is 0. The first-order valence-corrected chi connectivity index (χ1v) is 11.2. The number of carbonyl (C=O) groups is 2. The minimum Gasteiger partial charge on any atom is -0.444 e. The molecule has 0 unspecified atom stereocenters. The van der Waals surface area contributed by atoms with Crippen molar-refractivity contribution in [3.8, 4) is 0 Å². The Morgan fingerprint density at radius 1 is 1.22 bits per heavy atom. The zero-order chi connectivity index (χ0) is 23.6. The van der Waals surface area contributed by atoms with Crippen molar-refractivity contribution in [2.45, 2.75) is 60.1 Å². The van der Waals surface area contributed by atoms with Gasteiger partial charge in [-0.1, -0.05) is 0 Å². The number of anilines is 2. The average molecular weight is 442 g/mol. The van der Waals surface area contributed by atoms with Crippen LogP contribution in [0, 0.1) is 6.92 Å². The number of amides is 2. The van der Waals surface area contributed by atoms with Crippen LogP contribution >= 0.6 is 0 Å². The monoisotopic (exact) mass is 441 g/mol. The molecular weight excluding hydrogens is 406 g/mol. The number of fused-ring (bicyclic) bond motifs is 1. The zero-order valence-electron chi connectivity index (χ0n) is 20.3. The lowest BCUT2D eigenvalue weighted by atomic mass is 10.0. The molecule has 0 saturated carbocycles. The molecule has 2 aromatic rings. The Bertz CT molecular complexity index is 1000. The van der Waals surface area contributed by atoms with Crippen molar-refractivity contribution in [2.24, 2.45) is 7.05 Å². The quantitative estimate of drug-likeness (QED) is 0.755. The standard InChI is InChI=1S/C24H35N5O3/c1-8-28(9-2)17-10-11-19(16(3)14-17)25-22(30)21-18-15-29(23(31)32-24(4,5)6)13-12-20(18)27(7)26-21/h10-11,14H,8-9,12-13,15H2,1-7H3,(H,25,30). The van der Waals surface area contributed by atoms with Crippen LogP contribution in [0.5, 0.6) is 0 Å². The largest absolute Gasteiger partial charge is 0.444 e. The lowest BCUT2D eigenvalue weighted by Crippen LogP contribution is -2.40. The van der Waals surface area contributed by atoms with Crippen molar-refractivity contribution in [1.29, 1.82) is 0 Å². The molecule has 2 amide bonds. The molecule has 1 aliphatic rings. The smallest absolute Gasteiger partial charge is 0.410 e. The van der Waals surface area contributed by atoms with E-state index in [1.807, 2.05) is 46.9 Å². The molecule has 1 aromatic carbocycles. The van der Waals surface area contributed by atoms with Crippen molar-refractivity contribution in [1.82, 2.24) is 14.7 Å². The highest BCUT2D eigenvalue weighted by molar-refractivity contribution is 6.04. The third kappa shape index (κ3) is 5.06. The average Bonchev–Trinajstić information content (AvgIpc) is 3.05. The van der Waals surface area contributed by atoms with Gasteiger partial charge in [0.1, 0.15) is 5.60 Å². The summed E-state index contributed by atoms with van der Waals surface area (Å²) in [6.07, 6.45) is 0.254. The lowest BCUT2D eigenvalue weighted by Gasteiger charge is -2.30. The first-order valence-electron chi connectivity index (χ1n) is 11.2. The van der Waals surface area contributed by atoms with Crippen LogP contribution in [0.3, 0.4) is 0 Å². The second-order valence-corrected chi connectivity index (χ2v) is 9.17. The first-order chi connectivity index (χ1) is 15.0. The number of aryl methyl sites for hydroxylation is 2. The van der Waals surface area contributed by atoms with Crippen LogP contribution < -0.4 is 10.2 Å². The fourth-order valence-corrected chi connectivity index (χ4v) is 4.01. The van der Waals surface area contributed by atoms with Gasteiger partial charge in [-0.05, 0) is 65.3 Å². The second kappa shape index (κ2) is 9.22. The number of nitrogens with zero attached hydrogens (tertiary/aromatic N) is 4. The van der Waals surface area contributed by atoms with Gasteiger partial charge in [0.25, 0.3) is 5.91 Å². The molecule has 0 radical (unpaired) electrons. The Kier molecular flexibility index (Phi) is 6.81. The summed E-state index contributed by atoms with van der Waals surface area (Å²) in [5.74, 6) is -0.272. The number of hydrogen-bond acceptors (Lipinski definition) is 5. The highest BCUT2D eigenvalue weighted by atomic mass is 16.6. The number of carbonyl (C=O) groups excluding carboxylic acids is 2. The Morgan fingerprint density at radius 3 is 2.50 bits per heavy atom. The fraction of sp³-hybridized carbons (Fsp3) is 0.542. The maximum atomic E-state index is 13.2. The SMILES string of the molecule is CCN(CC)c1ccc(NC(=O)c2nn(C)c3c2CN(C(=O)OC(C)(C)C)CC3)c(C)c1. The van der Waals surface area contributed by atoms with Crippen LogP contribution in [-0.2, 0) is 24.8 Å². The molecule has 2 heterocycles. The van der Waals surface area contributed by atoms with Gasteiger partial charge in [-0.3, -0.25) is 9.48 Å². The van der Waals surface area contributed by atoms with Crippen molar-refractivity contribution in [3.05, 3.63) is 40.7 Å². The molecule has 0 fully saturated rings. The van der Waals surface area contributed by atoms with Crippen molar-refractivity contribution in [3.63, 3.8) is 0 Å². The summed E-state index contributed by atoms with van der Waals surface area (Å²) in [5, 5.41) is 7.48. The molecule has 0 spiro atoms. The Morgan fingerprint density at radius 2 is 1.91 bits per heavy atom. The van der Waals surface area contributed by atoms with E-state index in [1.54, 1.807) is 9.58 Å². The van der Waals surface area contributed by atoms with E-state index in [4.69, 9.17) is 4.74 Å². The summed E-state index contributed by atoms with van der Waals surface area (Å²) in [4.78, 5) is 29.6. The maximum absolute atomic E-state index is 13.2. The highest BCUT2D eigenvalue weighted by Gasteiger charge is 2.31. The maximum Gasteiger partial charge on any atom is 0.410 e. The fourth-order valence-electron chi connectivity index (χ4n) is 4.01. The zero-order valence-corrected chi connectivity index (χ0v) is 20.3. The van der Waals surface area contributed by atoms with Gasteiger partial charge in [-0.2, -0.15) is 5.10 Å². The Balaban J connectivity index is 1.80. The first kappa shape index (κ1) is 23.6. The summed E-state index contributed by atoms with van der Waals surface area (Å²) in [6.45, 7) is 14.5. The minimum absolute atomic E-state index is 0.272. The van der Waals surface area contributed by atoms with E-state index < -0.39 is 5.60 Å². The van der Waals surface area contributed by atoms with Crippen LogP contribution in [0.25, 0.3) is 0 Å². The molecule has 8 heteroatoms. The number of hydrogen-bond donors (Lipinski definition) is 1. The predicted octanol–water partition coefficient (Wildman–Crippen LogP) is 4.12. The Labute approximate surface area is 190 Å². The third-order valence-electron chi connectivity index (χ3n) is 5.70. The molecular formula is C24H35N5O3. The van der Waals surface area contributed by atoms with E-state index >= 15 is 0 Å². The van der Waals surface area contributed by atoms with Gasteiger partial charge in [0.15, 0.2) is 5.69 Å². The van der Waals surface area contributed by atoms with Gasteiger partial charge in [0, 0.05) is 55.7 Å². The van der Waals surface area contributed by atoms with E-state index in [9.17, 15) is 9.59 Å². The minimum atomic E-state index is -0.568. The van der Waals surface area contributed by atoms with Crippen LogP contribution in [-0.4, -0.2) is 51.9 Å². The van der Waals surface area contributed by atoms with Gasteiger partial charge in [-0.15, -0.1) is 0 Å². The number of benzene rings is 1. The van der Waals surface area contributed by atoms with Gasteiger partial charge < -0.3 is 19.9 Å². The molecule has 0 bridgehead atoms. The molecule has 1 aliphatic heterocycles. The second-order valence-electron chi connectivity index (χ2n) is 9.17. The van der Waals surface area contributed by atoms with Crippen molar-refractivity contribution < 1.29 is 14.3 Å². The van der Waals surface area contributed by atoms with E-state index in [1.165, 1.54) is 0 Å². The molecule has 0 aliphatic carbocycles. The van der Waals surface area contributed by atoms with Gasteiger partial charge in [0.2, 0.25) is 0 Å². The lowest BCUT2D eigenvalue weighted by molar-refractivity contribution is 0.0222. The number of rotatable bonds is 5. The summed E-state index contributed by atoms with van der Waals surface area (Å²) in [5.41, 5.74) is 4.41. The summed E-state index contributed by atoms with van der Waals surface area (Å²) in [6, 6.07) is 6.04.